The standard InChI is InChI=1S/C23H16N4OS.C2H6/c28-22-19-9-5-4-8-18(19)21(26-27-22)16-10-12-17(13-11-16)24-23-25-20(14-29-23)15-6-2-1-3-7-15;1-2/h1-14H,(H,24,25)(H,27,28);1-2H3. The molecule has 0 saturated carbocycles. The molecule has 2 heterocycles. The third-order valence-electron chi connectivity index (χ3n) is 4.68. The summed E-state index contributed by atoms with van der Waals surface area (Å²) in [5, 5.41) is 14.5. The average molecular weight is 427 g/mol. The van der Waals surface area contributed by atoms with Gasteiger partial charge >= 0.3 is 0 Å². The monoisotopic (exact) mass is 426 g/mol. The summed E-state index contributed by atoms with van der Waals surface area (Å²) in [6.07, 6.45) is 0. The van der Waals surface area contributed by atoms with Crippen LogP contribution >= 0.6 is 11.3 Å². The van der Waals surface area contributed by atoms with Crippen molar-refractivity contribution in [2.75, 3.05) is 5.32 Å². The molecule has 0 fully saturated rings. The summed E-state index contributed by atoms with van der Waals surface area (Å²) in [6, 6.07) is 25.6. The first-order chi connectivity index (χ1) is 15.3. The van der Waals surface area contributed by atoms with Gasteiger partial charge in [-0.2, -0.15) is 5.10 Å². The van der Waals surface area contributed by atoms with Crippen molar-refractivity contribution < 1.29 is 0 Å². The van der Waals surface area contributed by atoms with E-state index in [0.717, 1.165) is 38.7 Å². The van der Waals surface area contributed by atoms with Crippen LogP contribution in [0.3, 0.4) is 0 Å². The molecule has 5 nitrogen and oxygen atoms in total. The lowest BCUT2D eigenvalue weighted by molar-refractivity contribution is 1.02. The lowest BCUT2D eigenvalue weighted by Gasteiger charge is -2.07. The molecule has 6 heteroatoms. The number of fused-ring (bicyclic) bond motifs is 1. The molecule has 2 N–H and O–H groups in total. The van der Waals surface area contributed by atoms with Gasteiger partial charge in [0.2, 0.25) is 0 Å². The fourth-order valence-electron chi connectivity index (χ4n) is 3.24. The molecule has 0 unspecified atom stereocenters. The minimum Gasteiger partial charge on any atom is -0.332 e. The Morgan fingerprint density at radius 2 is 1.48 bits per heavy atom. The third-order valence-corrected chi connectivity index (χ3v) is 5.44. The molecular formula is C25H22N4OS. The largest absolute Gasteiger partial charge is 0.332 e. The number of aromatic nitrogens is 3. The maximum atomic E-state index is 12.0. The third kappa shape index (κ3) is 4.39. The van der Waals surface area contributed by atoms with Crippen LogP contribution in [0.15, 0.2) is 89.0 Å². The second-order valence-electron chi connectivity index (χ2n) is 6.55. The molecule has 0 radical (unpaired) electrons. The first kappa shape index (κ1) is 20.5. The summed E-state index contributed by atoms with van der Waals surface area (Å²) in [5.41, 5.74) is 4.51. The lowest BCUT2D eigenvalue weighted by Crippen LogP contribution is -2.09. The fraction of sp³-hybridized carbons (Fsp3) is 0.0800. The van der Waals surface area contributed by atoms with Gasteiger partial charge in [-0.25, -0.2) is 10.1 Å². The minimum atomic E-state index is -0.180. The van der Waals surface area contributed by atoms with E-state index in [9.17, 15) is 4.79 Å². The van der Waals surface area contributed by atoms with Crippen LogP contribution in [0, 0.1) is 0 Å². The van der Waals surface area contributed by atoms with Crippen molar-refractivity contribution in [1.29, 1.82) is 0 Å². The number of hydrogen-bond donors (Lipinski definition) is 2. The Kier molecular flexibility index (Phi) is 6.19. The normalized spacial score (nSPS) is 10.4. The summed E-state index contributed by atoms with van der Waals surface area (Å²) in [4.78, 5) is 16.7. The predicted octanol–water partition coefficient (Wildman–Crippen LogP) is 6.48. The Morgan fingerprint density at radius 1 is 0.806 bits per heavy atom. The van der Waals surface area contributed by atoms with Gasteiger partial charge in [-0.15, -0.1) is 11.3 Å². The zero-order chi connectivity index (χ0) is 21.6. The number of aromatic amines is 1. The highest BCUT2D eigenvalue weighted by Gasteiger charge is 2.09. The zero-order valence-electron chi connectivity index (χ0n) is 17.3. The van der Waals surface area contributed by atoms with Crippen LogP contribution in [-0.4, -0.2) is 15.2 Å². The van der Waals surface area contributed by atoms with Gasteiger partial charge in [0, 0.05) is 27.6 Å². The number of nitrogens with zero attached hydrogens (tertiary/aromatic N) is 2. The van der Waals surface area contributed by atoms with E-state index in [1.54, 1.807) is 11.3 Å². The molecule has 0 bridgehead atoms. The van der Waals surface area contributed by atoms with Crippen molar-refractivity contribution in [3.63, 3.8) is 0 Å². The maximum absolute atomic E-state index is 12.0. The first-order valence-electron chi connectivity index (χ1n) is 10.1. The number of benzene rings is 3. The molecule has 0 spiro atoms. The summed E-state index contributed by atoms with van der Waals surface area (Å²) >= 11 is 1.57. The number of rotatable bonds is 4. The summed E-state index contributed by atoms with van der Waals surface area (Å²) in [5.74, 6) is 0. The predicted molar refractivity (Wildman–Crippen MR) is 130 cm³/mol. The van der Waals surface area contributed by atoms with Crippen LogP contribution in [0.5, 0.6) is 0 Å². The van der Waals surface area contributed by atoms with Gasteiger partial charge in [-0.3, -0.25) is 4.79 Å². The fourth-order valence-corrected chi connectivity index (χ4v) is 3.98. The molecule has 0 aliphatic heterocycles. The van der Waals surface area contributed by atoms with Crippen LogP contribution < -0.4 is 10.9 Å². The highest BCUT2D eigenvalue weighted by molar-refractivity contribution is 7.14. The quantitative estimate of drug-likeness (QED) is 0.345. The van der Waals surface area contributed by atoms with E-state index in [2.05, 4.69) is 32.6 Å². The molecule has 5 aromatic rings. The van der Waals surface area contributed by atoms with Crippen molar-refractivity contribution in [1.82, 2.24) is 15.2 Å². The van der Waals surface area contributed by atoms with E-state index in [4.69, 9.17) is 0 Å². The van der Waals surface area contributed by atoms with Gasteiger partial charge in [0.25, 0.3) is 5.56 Å². The van der Waals surface area contributed by atoms with Crippen LogP contribution in [0.2, 0.25) is 0 Å². The van der Waals surface area contributed by atoms with Crippen molar-refractivity contribution in [3.8, 4) is 22.5 Å². The Balaban J connectivity index is 0.00000112. The van der Waals surface area contributed by atoms with Crippen molar-refractivity contribution in [2.45, 2.75) is 13.8 Å². The molecule has 0 saturated heterocycles. The van der Waals surface area contributed by atoms with Gasteiger partial charge in [0.05, 0.1) is 16.8 Å². The molecule has 5 rings (SSSR count). The summed E-state index contributed by atoms with van der Waals surface area (Å²) in [7, 11) is 0. The molecule has 3 aromatic carbocycles. The zero-order valence-corrected chi connectivity index (χ0v) is 18.1. The van der Waals surface area contributed by atoms with Crippen molar-refractivity contribution in [2.24, 2.45) is 0 Å². The molecule has 0 aliphatic carbocycles. The Bertz CT molecular complexity index is 1340. The topological polar surface area (TPSA) is 70.7 Å². The average Bonchev–Trinajstić information content (AvgIpc) is 3.31. The van der Waals surface area contributed by atoms with E-state index in [0.29, 0.717) is 5.39 Å². The summed E-state index contributed by atoms with van der Waals surface area (Å²) in [6.45, 7) is 4.00. The lowest BCUT2D eigenvalue weighted by atomic mass is 10.0. The Hall–Kier alpha value is -3.77. The van der Waals surface area contributed by atoms with Crippen LogP contribution in [0.1, 0.15) is 13.8 Å². The Labute approximate surface area is 184 Å². The van der Waals surface area contributed by atoms with Crippen LogP contribution in [0.4, 0.5) is 10.8 Å². The summed E-state index contributed by atoms with van der Waals surface area (Å²) < 4.78 is 0. The molecule has 0 amide bonds. The number of nitrogens with one attached hydrogen (secondary N) is 2. The SMILES string of the molecule is CC.O=c1[nH]nc(-c2ccc(Nc3nc(-c4ccccc4)cs3)cc2)c2ccccc12. The van der Waals surface area contributed by atoms with Gasteiger partial charge in [0.15, 0.2) is 5.13 Å². The molecule has 0 atom stereocenters. The molecule has 154 valence electrons. The number of H-pyrrole nitrogens is 1. The second-order valence-corrected chi connectivity index (χ2v) is 7.41. The van der Waals surface area contributed by atoms with Crippen LogP contribution in [-0.2, 0) is 0 Å². The Morgan fingerprint density at radius 3 is 2.23 bits per heavy atom. The van der Waals surface area contributed by atoms with Crippen molar-refractivity contribution >= 4 is 32.9 Å². The number of hydrogen-bond acceptors (Lipinski definition) is 5. The molecule has 31 heavy (non-hydrogen) atoms. The smallest absolute Gasteiger partial charge is 0.272 e. The molecule has 2 aromatic heterocycles. The molecular weight excluding hydrogens is 404 g/mol. The van der Waals surface area contributed by atoms with Crippen LogP contribution in [0.25, 0.3) is 33.3 Å². The van der Waals surface area contributed by atoms with Gasteiger partial charge in [-0.05, 0) is 18.2 Å². The van der Waals surface area contributed by atoms with E-state index < -0.39 is 0 Å². The number of anilines is 2. The van der Waals surface area contributed by atoms with E-state index in [1.807, 2.05) is 86.0 Å². The highest BCUT2D eigenvalue weighted by atomic mass is 32.1. The van der Waals surface area contributed by atoms with E-state index >= 15 is 0 Å². The minimum absolute atomic E-state index is 0.180. The molecule has 0 aliphatic rings. The highest BCUT2D eigenvalue weighted by Crippen LogP contribution is 2.29. The van der Waals surface area contributed by atoms with Gasteiger partial charge < -0.3 is 5.32 Å². The van der Waals surface area contributed by atoms with E-state index in [1.165, 1.54) is 0 Å². The van der Waals surface area contributed by atoms with E-state index in [-0.39, 0.29) is 5.56 Å². The maximum Gasteiger partial charge on any atom is 0.272 e. The van der Waals surface area contributed by atoms with Crippen molar-refractivity contribution in [3.05, 3.63) is 94.6 Å². The second kappa shape index (κ2) is 9.36. The first-order valence-corrected chi connectivity index (χ1v) is 11.0. The number of thiazole rings is 1. The van der Waals surface area contributed by atoms with Gasteiger partial charge in [-0.1, -0.05) is 74.5 Å². The van der Waals surface area contributed by atoms with Gasteiger partial charge in [0.1, 0.15) is 0 Å².